The number of H-pyrrole nitrogens is 1. The Morgan fingerprint density at radius 3 is 2.90 bits per heavy atom. The highest BCUT2D eigenvalue weighted by atomic mass is 32.1. The van der Waals surface area contributed by atoms with Crippen molar-refractivity contribution in [2.45, 2.75) is 0 Å². The first-order chi connectivity index (χ1) is 4.74. The number of hydrogen-bond acceptors (Lipinski definition) is 3. The Balaban J connectivity index is 2.95. The summed E-state index contributed by atoms with van der Waals surface area (Å²) in [5.41, 5.74) is 0.317. The first-order valence-corrected chi connectivity index (χ1v) is 3.52. The lowest BCUT2D eigenvalue weighted by atomic mass is 10.5. The lowest BCUT2D eigenvalue weighted by molar-refractivity contribution is 0.0958. The SMILES string of the molecule is CNC(=O)c1csc(=O)[nH]1. The largest absolute Gasteiger partial charge is 0.354 e. The number of aromatic amines is 1. The molecule has 1 aromatic heterocycles. The topological polar surface area (TPSA) is 62.0 Å². The monoisotopic (exact) mass is 158 g/mol. The van der Waals surface area contributed by atoms with Crippen molar-refractivity contribution in [1.29, 1.82) is 0 Å². The number of rotatable bonds is 1. The zero-order valence-corrected chi connectivity index (χ0v) is 6.12. The molecule has 4 nitrogen and oxygen atoms in total. The molecule has 0 aliphatic carbocycles. The summed E-state index contributed by atoms with van der Waals surface area (Å²) in [5, 5.41) is 3.88. The minimum atomic E-state index is -0.265. The van der Waals surface area contributed by atoms with Crippen molar-refractivity contribution in [1.82, 2.24) is 10.3 Å². The van der Waals surface area contributed by atoms with Gasteiger partial charge in [0.1, 0.15) is 5.69 Å². The molecule has 0 saturated heterocycles. The molecule has 0 spiro atoms. The van der Waals surface area contributed by atoms with Gasteiger partial charge in [-0.15, -0.1) is 0 Å². The van der Waals surface area contributed by atoms with Crippen LogP contribution in [-0.4, -0.2) is 17.9 Å². The summed E-state index contributed by atoms with van der Waals surface area (Å²) < 4.78 is 0. The predicted molar refractivity (Wildman–Crippen MR) is 38.3 cm³/mol. The van der Waals surface area contributed by atoms with E-state index in [0.717, 1.165) is 11.3 Å². The van der Waals surface area contributed by atoms with Crippen molar-refractivity contribution in [3.63, 3.8) is 0 Å². The third-order valence-corrected chi connectivity index (χ3v) is 1.66. The van der Waals surface area contributed by atoms with Gasteiger partial charge in [-0.3, -0.25) is 9.59 Å². The lowest BCUT2D eigenvalue weighted by Gasteiger charge is -1.90. The van der Waals surface area contributed by atoms with Gasteiger partial charge >= 0.3 is 4.87 Å². The fourth-order valence-electron chi connectivity index (χ4n) is 0.526. The van der Waals surface area contributed by atoms with Gasteiger partial charge in [0.05, 0.1) is 0 Å². The second-order valence-electron chi connectivity index (χ2n) is 1.64. The van der Waals surface area contributed by atoms with Crippen LogP contribution in [0.4, 0.5) is 0 Å². The standard InChI is InChI=1S/C5H6N2O2S/c1-6-4(8)3-2-10-5(9)7-3/h2H,1H3,(H,6,8)(H,7,9). The van der Waals surface area contributed by atoms with Gasteiger partial charge in [0.25, 0.3) is 5.91 Å². The Bertz CT molecular complexity index is 288. The van der Waals surface area contributed by atoms with E-state index in [0.29, 0.717) is 5.69 Å². The zero-order chi connectivity index (χ0) is 7.56. The average Bonchev–Trinajstić information content (AvgIpc) is 2.34. The molecular formula is C5H6N2O2S. The first kappa shape index (κ1) is 7.01. The van der Waals surface area contributed by atoms with Crippen LogP contribution < -0.4 is 10.2 Å². The van der Waals surface area contributed by atoms with E-state index in [2.05, 4.69) is 10.3 Å². The van der Waals surface area contributed by atoms with Crippen LogP contribution in [0.3, 0.4) is 0 Å². The summed E-state index contributed by atoms with van der Waals surface area (Å²) in [6.07, 6.45) is 0. The molecule has 0 atom stereocenters. The van der Waals surface area contributed by atoms with Gasteiger partial charge in [-0.05, 0) is 0 Å². The van der Waals surface area contributed by atoms with Crippen LogP contribution >= 0.6 is 11.3 Å². The summed E-state index contributed by atoms with van der Waals surface area (Å²) in [6, 6.07) is 0. The van der Waals surface area contributed by atoms with Crippen LogP contribution in [0.1, 0.15) is 10.5 Å². The highest BCUT2D eigenvalue weighted by Crippen LogP contribution is 1.93. The van der Waals surface area contributed by atoms with E-state index in [1.165, 1.54) is 12.4 Å². The normalized spacial score (nSPS) is 9.30. The molecule has 2 N–H and O–H groups in total. The number of aromatic nitrogens is 1. The van der Waals surface area contributed by atoms with Gasteiger partial charge in [0.2, 0.25) is 0 Å². The molecule has 0 fully saturated rings. The van der Waals surface area contributed by atoms with Crippen molar-refractivity contribution in [2.75, 3.05) is 7.05 Å². The van der Waals surface area contributed by atoms with E-state index in [-0.39, 0.29) is 10.8 Å². The van der Waals surface area contributed by atoms with Crippen LogP contribution in [0, 0.1) is 0 Å². The number of amides is 1. The third kappa shape index (κ3) is 1.24. The van der Waals surface area contributed by atoms with E-state index < -0.39 is 0 Å². The van der Waals surface area contributed by atoms with Crippen LogP contribution in [-0.2, 0) is 0 Å². The minimum Gasteiger partial charge on any atom is -0.354 e. The van der Waals surface area contributed by atoms with Crippen LogP contribution in [0.25, 0.3) is 0 Å². The van der Waals surface area contributed by atoms with Crippen LogP contribution in [0.5, 0.6) is 0 Å². The quantitative estimate of drug-likeness (QED) is 0.594. The number of hydrogen-bond donors (Lipinski definition) is 2. The van der Waals surface area contributed by atoms with Crippen molar-refractivity contribution >= 4 is 17.2 Å². The van der Waals surface area contributed by atoms with E-state index in [9.17, 15) is 9.59 Å². The third-order valence-electron chi connectivity index (χ3n) is 0.992. The molecule has 54 valence electrons. The van der Waals surface area contributed by atoms with Gasteiger partial charge in [0.15, 0.2) is 0 Å². The minimum absolute atomic E-state index is 0.210. The summed E-state index contributed by atoms with van der Waals surface area (Å²) >= 11 is 0.976. The number of thiazole rings is 1. The van der Waals surface area contributed by atoms with Gasteiger partial charge in [-0.2, -0.15) is 0 Å². The molecule has 0 saturated carbocycles. The molecule has 1 heterocycles. The Hall–Kier alpha value is -1.10. The van der Waals surface area contributed by atoms with E-state index in [1.54, 1.807) is 0 Å². The Kier molecular flexibility index (Phi) is 1.86. The molecule has 0 aliphatic heterocycles. The molecule has 1 amide bonds. The van der Waals surface area contributed by atoms with Gasteiger partial charge in [-0.1, -0.05) is 11.3 Å². The molecule has 0 radical (unpaired) electrons. The zero-order valence-electron chi connectivity index (χ0n) is 5.30. The predicted octanol–water partition coefficient (Wildman–Crippen LogP) is -0.204. The van der Waals surface area contributed by atoms with E-state index >= 15 is 0 Å². The van der Waals surface area contributed by atoms with Gasteiger partial charge in [0, 0.05) is 12.4 Å². The Morgan fingerprint density at radius 1 is 1.80 bits per heavy atom. The summed E-state index contributed by atoms with van der Waals surface area (Å²) in [4.78, 5) is 23.4. The fourth-order valence-corrected chi connectivity index (χ4v) is 1.09. The summed E-state index contributed by atoms with van der Waals surface area (Å²) in [6.45, 7) is 0. The molecule has 0 aromatic carbocycles. The second-order valence-corrected chi connectivity index (χ2v) is 2.48. The second kappa shape index (κ2) is 2.66. The maximum Gasteiger partial charge on any atom is 0.305 e. The Morgan fingerprint density at radius 2 is 2.50 bits per heavy atom. The first-order valence-electron chi connectivity index (χ1n) is 2.64. The molecule has 0 bridgehead atoms. The Labute approximate surface area is 60.9 Å². The molecule has 0 unspecified atom stereocenters. The van der Waals surface area contributed by atoms with Gasteiger partial charge < -0.3 is 10.3 Å². The van der Waals surface area contributed by atoms with Crippen LogP contribution in [0.2, 0.25) is 0 Å². The maximum absolute atomic E-state index is 10.8. The molecule has 10 heavy (non-hydrogen) atoms. The average molecular weight is 158 g/mol. The van der Waals surface area contributed by atoms with E-state index in [4.69, 9.17) is 0 Å². The molecule has 1 aromatic rings. The number of carbonyl (C=O) groups excluding carboxylic acids is 1. The lowest BCUT2D eigenvalue weighted by Crippen LogP contribution is -2.18. The number of carbonyl (C=O) groups is 1. The maximum atomic E-state index is 10.8. The summed E-state index contributed by atoms with van der Waals surface area (Å²) in [5.74, 6) is -0.265. The smallest absolute Gasteiger partial charge is 0.305 e. The highest BCUT2D eigenvalue weighted by Gasteiger charge is 2.03. The van der Waals surface area contributed by atoms with Crippen molar-refractivity contribution in [2.24, 2.45) is 0 Å². The van der Waals surface area contributed by atoms with E-state index in [1.807, 2.05) is 0 Å². The van der Waals surface area contributed by atoms with Gasteiger partial charge in [-0.25, -0.2) is 0 Å². The molecule has 1 rings (SSSR count). The van der Waals surface area contributed by atoms with Crippen molar-refractivity contribution in [3.8, 4) is 0 Å². The fraction of sp³-hybridized carbons (Fsp3) is 0.200. The summed E-state index contributed by atoms with van der Waals surface area (Å²) in [7, 11) is 1.51. The number of nitrogens with one attached hydrogen (secondary N) is 2. The van der Waals surface area contributed by atoms with Crippen LogP contribution in [0.15, 0.2) is 10.2 Å². The molecular weight excluding hydrogens is 152 g/mol. The van der Waals surface area contributed by atoms with Crippen molar-refractivity contribution < 1.29 is 4.79 Å². The van der Waals surface area contributed by atoms with Crippen molar-refractivity contribution in [3.05, 3.63) is 20.7 Å². The molecule has 0 aliphatic rings. The highest BCUT2D eigenvalue weighted by molar-refractivity contribution is 7.07. The molecule has 5 heteroatoms.